The molecular weight excluding hydrogens is 609 g/mol. The fourth-order valence-corrected chi connectivity index (χ4v) is 6.40. The van der Waals surface area contributed by atoms with Crippen molar-refractivity contribution in [2.45, 2.75) is 89.6 Å². The number of hydrogen-bond donors (Lipinski definition) is 4. The molecule has 0 fully saturated rings. The number of hydrogen-bond acceptors (Lipinski definition) is 7. The van der Waals surface area contributed by atoms with Crippen molar-refractivity contribution in [3.05, 3.63) is 71.4 Å². The molecule has 0 aliphatic carbocycles. The molecule has 0 spiro atoms. The summed E-state index contributed by atoms with van der Waals surface area (Å²) in [6.45, 7) is 16.7. The summed E-state index contributed by atoms with van der Waals surface area (Å²) in [5.41, 5.74) is 1.03. The van der Waals surface area contributed by atoms with Gasteiger partial charge in [0, 0.05) is 23.1 Å². The van der Waals surface area contributed by atoms with Crippen LogP contribution in [0.25, 0.3) is 0 Å². The summed E-state index contributed by atoms with van der Waals surface area (Å²) in [5, 5.41) is 6.14. The van der Waals surface area contributed by atoms with Crippen molar-refractivity contribution in [3.8, 4) is 0 Å². The Morgan fingerprint density at radius 1 is 0.911 bits per heavy atom. The first-order valence-electron chi connectivity index (χ1n) is 15.0. The second-order valence-electron chi connectivity index (χ2n) is 13.5. The van der Waals surface area contributed by atoms with E-state index in [4.69, 9.17) is 0 Å². The average Bonchev–Trinajstić information content (AvgIpc) is 2.93. The van der Waals surface area contributed by atoms with Gasteiger partial charge >= 0.3 is 0 Å². The summed E-state index contributed by atoms with van der Waals surface area (Å²) in [7, 11) is -0.761. The third kappa shape index (κ3) is 9.67. The van der Waals surface area contributed by atoms with E-state index in [1.165, 1.54) is 17.0 Å². The SMILES string of the molecule is CNC(C(=O)NC(C(=O)N(C)/C(=C/C(C)C(=O)NS(=O)(=O)c1ccc(C)cc1)C(C)C)C(C)(C)C)C(C)(C)c1cccc(S)c1. The Morgan fingerprint density at radius 3 is 1.98 bits per heavy atom. The predicted octanol–water partition coefficient (Wildman–Crippen LogP) is 4.82. The number of carbonyl (C=O) groups excluding carboxylic acids is 3. The van der Waals surface area contributed by atoms with E-state index in [-0.39, 0.29) is 22.6 Å². The van der Waals surface area contributed by atoms with Crippen LogP contribution in [0.3, 0.4) is 0 Å². The minimum atomic E-state index is -4.07. The lowest BCUT2D eigenvalue weighted by Crippen LogP contribution is -2.60. The van der Waals surface area contributed by atoms with Crippen LogP contribution in [0.1, 0.15) is 66.5 Å². The van der Waals surface area contributed by atoms with E-state index in [0.717, 1.165) is 16.0 Å². The molecule has 3 amide bonds. The van der Waals surface area contributed by atoms with Gasteiger partial charge in [0.05, 0.1) is 16.9 Å². The van der Waals surface area contributed by atoms with Crippen molar-refractivity contribution < 1.29 is 22.8 Å². The number of likely N-dealkylation sites (N-methyl/N-ethyl adjacent to an activating group) is 2. The van der Waals surface area contributed by atoms with Crippen LogP contribution in [-0.2, 0) is 29.8 Å². The molecule has 2 aromatic rings. The Kier molecular flexibility index (Phi) is 12.6. The molecule has 9 nitrogen and oxygen atoms in total. The average molecular weight is 659 g/mol. The Labute approximate surface area is 275 Å². The zero-order valence-corrected chi connectivity index (χ0v) is 30.1. The van der Waals surface area contributed by atoms with Crippen LogP contribution < -0.4 is 15.4 Å². The molecule has 0 radical (unpaired) electrons. The van der Waals surface area contributed by atoms with Gasteiger partial charge in [0.25, 0.3) is 10.0 Å². The highest BCUT2D eigenvalue weighted by Crippen LogP contribution is 2.30. The van der Waals surface area contributed by atoms with E-state index in [1.807, 2.05) is 79.7 Å². The summed E-state index contributed by atoms with van der Waals surface area (Å²) in [6, 6.07) is 12.2. The molecule has 0 aromatic heterocycles. The molecule has 45 heavy (non-hydrogen) atoms. The number of amides is 3. The normalized spacial score (nSPS) is 14.8. The van der Waals surface area contributed by atoms with Gasteiger partial charge in [-0.25, -0.2) is 13.1 Å². The minimum Gasteiger partial charge on any atom is -0.342 e. The van der Waals surface area contributed by atoms with E-state index in [2.05, 4.69) is 28.0 Å². The van der Waals surface area contributed by atoms with Crippen molar-refractivity contribution in [1.29, 1.82) is 0 Å². The van der Waals surface area contributed by atoms with Crippen molar-refractivity contribution in [1.82, 2.24) is 20.3 Å². The number of sulfonamides is 1. The Morgan fingerprint density at radius 2 is 1.49 bits per heavy atom. The van der Waals surface area contributed by atoms with Crippen molar-refractivity contribution in [3.63, 3.8) is 0 Å². The summed E-state index contributed by atoms with van der Waals surface area (Å²) in [6.07, 6.45) is 1.59. The topological polar surface area (TPSA) is 125 Å². The van der Waals surface area contributed by atoms with Gasteiger partial charge in [-0.2, -0.15) is 0 Å². The van der Waals surface area contributed by atoms with E-state index >= 15 is 0 Å². The van der Waals surface area contributed by atoms with Gasteiger partial charge in [-0.15, -0.1) is 12.6 Å². The molecule has 0 aliphatic heterocycles. The molecule has 2 aromatic carbocycles. The summed E-state index contributed by atoms with van der Waals surface area (Å²) in [4.78, 5) is 43.1. The first-order valence-corrected chi connectivity index (χ1v) is 17.0. The quantitative estimate of drug-likeness (QED) is 0.243. The van der Waals surface area contributed by atoms with Gasteiger partial charge in [-0.05, 0) is 62.1 Å². The summed E-state index contributed by atoms with van der Waals surface area (Å²) < 4.78 is 27.8. The van der Waals surface area contributed by atoms with E-state index in [0.29, 0.717) is 5.70 Å². The molecular formula is C34H50N4O5S2. The standard InChI is InChI=1S/C34H50N4O5S2/c1-21(2)27(19-23(4)30(39)37-45(42,43)26-17-15-22(3)16-18-26)38(11)32(41)29(33(5,6)7)36-31(40)28(35-10)34(8,9)24-13-12-14-25(44)20-24/h12-21,23,28-29,35,44H,1-11H3,(H,36,40)(H,37,39)/b27-19+. The molecule has 3 atom stereocenters. The highest BCUT2D eigenvalue weighted by Gasteiger charge is 2.41. The van der Waals surface area contributed by atoms with Gasteiger partial charge in [0.1, 0.15) is 6.04 Å². The fraction of sp³-hybridized carbons (Fsp3) is 0.500. The summed E-state index contributed by atoms with van der Waals surface area (Å²) in [5.74, 6) is -2.49. The number of thiol groups is 1. The van der Waals surface area contributed by atoms with Crippen LogP contribution in [0.4, 0.5) is 0 Å². The molecule has 0 saturated carbocycles. The van der Waals surface area contributed by atoms with Gasteiger partial charge in [-0.3, -0.25) is 14.4 Å². The molecule has 0 heterocycles. The predicted molar refractivity (Wildman–Crippen MR) is 182 cm³/mol. The number of nitrogens with one attached hydrogen (secondary N) is 3. The number of aryl methyl sites for hydroxylation is 1. The molecule has 2 rings (SSSR count). The largest absolute Gasteiger partial charge is 0.342 e. The first kappa shape index (κ1) is 38.0. The third-order valence-electron chi connectivity index (χ3n) is 7.97. The van der Waals surface area contributed by atoms with E-state index in [1.54, 1.807) is 39.2 Å². The van der Waals surface area contributed by atoms with Gasteiger partial charge < -0.3 is 15.5 Å². The molecule has 3 N–H and O–H groups in total. The summed E-state index contributed by atoms with van der Waals surface area (Å²) >= 11 is 4.46. The molecule has 0 aliphatic rings. The van der Waals surface area contributed by atoms with Gasteiger partial charge in [0.2, 0.25) is 17.7 Å². The van der Waals surface area contributed by atoms with Crippen LogP contribution in [0.2, 0.25) is 0 Å². The number of benzene rings is 2. The maximum absolute atomic E-state index is 14.1. The van der Waals surface area contributed by atoms with Crippen LogP contribution in [0.15, 0.2) is 70.1 Å². The number of nitrogens with zero attached hydrogens (tertiary/aromatic N) is 1. The van der Waals surface area contributed by atoms with Gasteiger partial charge in [0.15, 0.2) is 0 Å². The fourth-order valence-electron chi connectivity index (χ4n) is 5.11. The Bertz CT molecular complexity index is 1510. The number of carbonyl (C=O) groups is 3. The zero-order chi connectivity index (χ0) is 34.5. The van der Waals surface area contributed by atoms with Crippen LogP contribution in [-0.4, -0.2) is 57.2 Å². The zero-order valence-electron chi connectivity index (χ0n) is 28.3. The number of allylic oxidation sites excluding steroid dienone is 1. The van der Waals surface area contributed by atoms with E-state index < -0.39 is 44.8 Å². The molecule has 0 bridgehead atoms. The van der Waals surface area contributed by atoms with E-state index in [9.17, 15) is 22.8 Å². The first-order chi connectivity index (χ1) is 20.6. The minimum absolute atomic E-state index is 0.0147. The maximum Gasteiger partial charge on any atom is 0.264 e. The Balaban J connectivity index is 2.34. The monoisotopic (exact) mass is 658 g/mol. The molecule has 11 heteroatoms. The third-order valence-corrected chi connectivity index (χ3v) is 9.61. The lowest BCUT2D eigenvalue weighted by atomic mass is 9.76. The highest BCUT2D eigenvalue weighted by molar-refractivity contribution is 7.90. The second-order valence-corrected chi connectivity index (χ2v) is 15.7. The van der Waals surface area contributed by atoms with Crippen LogP contribution in [0, 0.1) is 24.2 Å². The van der Waals surface area contributed by atoms with Crippen molar-refractivity contribution in [2.24, 2.45) is 17.3 Å². The highest BCUT2D eigenvalue weighted by atomic mass is 32.2. The second kappa shape index (κ2) is 15.0. The van der Waals surface area contributed by atoms with Crippen molar-refractivity contribution >= 4 is 40.4 Å². The molecule has 0 saturated heterocycles. The van der Waals surface area contributed by atoms with Crippen molar-refractivity contribution in [2.75, 3.05) is 14.1 Å². The van der Waals surface area contributed by atoms with Gasteiger partial charge in [-0.1, -0.05) is 84.4 Å². The Hall–Kier alpha value is -3.15. The molecule has 248 valence electrons. The maximum atomic E-state index is 14.1. The lowest BCUT2D eigenvalue weighted by molar-refractivity contribution is -0.138. The van der Waals surface area contributed by atoms with Crippen LogP contribution >= 0.6 is 12.6 Å². The number of rotatable bonds is 12. The van der Waals surface area contributed by atoms with Crippen LogP contribution in [0.5, 0.6) is 0 Å². The molecule has 3 unspecified atom stereocenters. The lowest BCUT2D eigenvalue weighted by Gasteiger charge is -2.39. The smallest absolute Gasteiger partial charge is 0.264 e.